The Hall–Kier alpha value is -1.80. The van der Waals surface area contributed by atoms with Crippen LogP contribution >= 0.6 is 0 Å². The molecule has 0 radical (unpaired) electrons. The Balaban J connectivity index is 3.08. The summed E-state index contributed by atoms with van der Waals surface area (Å²) in [5.74, 6) is 0.649. The molecule has 1 heterocycles. The number of methoxy groups -OCH3 is 1. The Kier molecular flexibility index (Phi) is 4.73. The zero-order valence-corrected chi connectivity index (χ0v) is 10.5. The molecule has 1 aromatic heterocycles. The highest BCUT2D eigenvalue weighted by atomic mass is 16.5. The van der Waals surface area contributed by atoms with Gasteiger partial charge in [-0.05, 0) is 19.9 Å². The lowest BCUT2D eigenvalue weighted by molar-refractivity contribution is 0.181. The molecule has 0 aliphatic carbocycles. The van der Waals surface area contributed by atoms with E-state index < -0.39 is 0 Å². The molecule has 5 nitrogen and oxygen atoms in total. The van der Waals surface area contributed by atoms with E-state index in [0.29, 0.717) is 23.7 Å². The van der Waals surface area contributed by atoms with Gasteiger partial charge < -0.3 is 15.4 Å². The third-order valence-electron chi connectivity index (χ3n) is 2.64. The molecular formula is C12H18N4O. The first-order chi connectivity index (χ1) is 8.15. The number of ether oxygens (including phenoxy) is 1. The number of anilines is 2. The van der Waals surface area contributed by atoms with Crippen molar-refractivity contribution in [3.05, 3.63) is 17.8 Å². The van der Waals surface area contributed by atoms with Crippen molar-refractivity contribution in [3.63, 3.8) is 0 Å². The van der Waals surface area contributed by atoms with Crippen LogP contribution in [0.1, 0.15) is 19.4 Å². The van der Waals surface area contributed by atoms with Crippen molar-refractivity contribution in [1.29, 1.82) is 5.26 Å². The number of likely N-dealkylation sites (N-methyl/N-ethyl adjacent to an activating group) is 1. The van der Waals surface area contributed by atoms with E-state index in [1.165, 1.54) is 0 Å². The Morgan fingerprint density at radius 3 is 2.88 bits per heavy atom. The Morgan fingerprint density at radius 2 is 2.35 bits per heavy atom. The van der Waals surface area contributed by atoms with Gasteiger partial charge in [0.1, 0.15) is 6.07 Å². The van der Waals surface area contributed by atoms with E-state index in [-0.39, 0.29) is 6.04 Å². The van der Waals surface area contributed by atoms with Crippen molar-refractivity contribution >= 4 is 11.5 Å². The molecule has 0 aromatic carbocycles. The molecule has 0 amide bonds. The van der Waals surface area contributed by atoms with E-state index in [9.17, 15) is 0 Å². The molecule has 1 atom stereocenters. The molecular weight excluding hydrogens is 216 g/mol. The molecule has 0 aliphatic rings. The van der Waals surface area contributed by atoms with Crippen LogP contribution in [0.2, 0.25) is 0 Å². The predicted octanol–water partition coefficient (Wildman–Crippen LogP) is 1.40. The lowest BCUT2D eigenvalue weighted by Crippen LogP contribution is -2.37. The molecule has 92 valence electrons. The van der Waals surface area contributed by atoms with Gasteiger partial charge in [-0.2, -0.15) is 5.26 Å². The SMILES string of the molecule is CCN(c1nccc(C#N)c1N)C(C)COC. The van der Waals surface area contributed by atoms with Crippen molar-refractivity contribution in [2.75, 3.05) is 30.9 Å². The van der Waals surface area contributed by atoms with Crippen LogP contribution < -0.4 is 10.6 Å². The molecule has 5 heteroatoms. The largest absolute Gasteiger partial charge is 0.395 e. The topological polar surface area (TPSA) is 75.2 Å². The lowest BCUT2D eigenvalue weighted by Gasteiger charge is -2.29. The van der Waals surface area contributed by atoms with Gasteiger partial charge in [0.25, 0.3) is 0 Å². The number of nitrogens with two attached hydrogens (primary N) is 1. The van der Waals surface area contributed by atoms with Gasteiger partial charge in [-0.25, -0.2) is 4.98 Å². The van der Waals surface area contributed by atoms with Crippen LogP contribution in [0.5, 0.6) is 0 Å². The fraction of sp³-hybridized carbons (Fsp3) is 0.500. The summed E-state index contributed by atoms with van der Waals surface area (Å²) in [5.41, 5.74) is 6.82. The number of pyridine rings is 1. The summed E-state index contributed by atoms with van der Waals surface area (Å²) in [5, 5.41) is 8.94. The molecule has 17 heavy (non-hydrogen) atoms. The quantitative estimate of drug-likeness (QED) is 0.833. The molecule has 1 rings (SSSR count). The van der Waals surface area contributed by atoms with E-state index in [1.54, 1.807) is 19.4 Å². The third kappa shape index (κ3) is 2.86. The number of hydrogen-bond donors (Lipinski definition) is 1. The average molecular weight is 234 g/mol. The standard InChI is InChI=1S/C12H18N4O/c1-4-16(9(2)8-17-3)12-11(14)10(7-13)5-6-15-12/h5-6,9H,4,8,14H2,1-3H3. The van der Waals surface area contributed by atoms with Gasteiger partial charge in [-0.15, -0.1) is 0 Å². The Bertz CT molecular complexity index is 413. The average Bonchev–Trinajstić information content (AvgIpc) is 2.32. The maximum Gasteiger partial charge on any atom is 0.153 e. The van der Waals surface area contributed by atoms with Gasteiger partial charge >= 0.3 is 0 Å². The number of aromatic nitrogens is 1. The van der Waals surface area contributed by atoms with Gasteiger partial charge in [0, 0.05) is 19.9 Å². The van der Waals surface area contributed by atoms with Gasteiger partial charge in [0.15, 0.2) is 5.82 Å². The second-order valence-corrected chi connectivity index (χ2v) is 3.80. The zero-order valence-electron chi connectivity index (χ0n) is 10.5. The van der Waals surface area contributed by atoms with Gasteiger partial charge in [-0.3, -0.25) is 0 Å². The number of nitrogen functional groups attached to an aromatic ring is 1. The summed E-state index contributed by atoms with van der Waals surface area (Å²) in [4.78, 5) is 6.28. The molecule has 2 N–H and O–H groups in total. The molecule has 0 bridgehead atoms. The highest BCUT2D eigenvalue weighted by Gasteiger charge is 2.17. The van der Waals surface area contributed by atoms with Gasteiger partial charge in [0.05, 0.1) is 23.9 Å². The first kappa shape index (κ1) is 13.3. The van der Waals surface area contributed by atoms with Crippen molar-refractivity contribution in [1.82, 2.24) is 4.98 Å². The van der Waals surface area contributed by atoms with Crippen LogP contribution in [-0.4, -0.2) is 31.3 Å². The second-order valence-electron chi connectivity index (χ2n) is 3.80. The van der Waals surface area contributed by atoms with Crippen molar-refractivity contribution in [2.24, 2.45) is 0 Å². The third-order valence-corrected chi connectivity index (χ3v) is 2.64. The van der Waals surface area contributed by atoms with E-state index in [4.69, 9.17) is 15.7 Å². The summed E-state index contributed by atoms with van der Waals surface area (Å²) >= 11 is 0. The Labute approximate surface area is 102 Å². The molecule has 0 aliphatic heterocycles. The predicted molar refractivity (Wildman–Crippen MR) is 67.7 cm³/mol. The zero-order chi connectivity index (χ0) is 12.8. The molecule has 0 spiro atoms. The monoisotopic (exact) mass is 234 g/mol. The van der Waals surface area contributed by atoms with E-state index in [0.717, 1.165) is 6.54 Å². The minimum atomic E-state index is 0.161. The number of rotatable bonds is 5. The van der Waals surface area contributed by atoms with Gasteiger partial charge in [-0.1, -0.05) is 0 Å². The fourth-order valence-electron chi connectivity index (χ4n) is 1.79. The lowest BCUT2D eigenvalue weighted by atomic mass is 10.2. The second kappa shape index (κ2) is 6.06. The van der Waals surface area contributed by atoms with Crippen LogP contribution in [0.25, 0.3) is 0 Å². The summed E-state index contributed by atoms with van der Waals surface area (Å²) in [7, 11) is 1.66. The summed E-state index contributed by atoms with van der Waals surface area (Å²) in [6.45, 7) is 5.40. The first-order valence-corrected chi connectivity index (χ1v) is 5.55. The number of nitriles is 1. The maximum absolute atomic E-state index is 8.94. The van der Waals surface area contributed by atoms with E-state index in [2.05, 4.69) is 11.1 Å². The minimum Gasteiger partial charge on any atom is -0.395 e. The van der Waals surface area contributed by atoms with Crippen LogP contribution in [0.3, 0.4) is 0 Å². The van der Waals surface area contributed by atoms with E-state index in [1.807, 2.05) is 18.7 Å². The fourth-order valence-corrected chi connectivity index (χ4v) is 1.79. The smallest absolute Gasteiger partial charge is 0.153 e. The molecule has 0 saturated carbocycles. The highest BCUT2D eigenvalue weighted by Crippen LogP contribution is 2.24. The van der Waals surface area contributed by atoms with Crippen molar-refractivity contribution in [2.45, 2.75) is 19.9 Å². The van der Waals surface area contributed by atoms with Gasteiger partial charge in [0.2, 0.25) is 0 Å². The normalized spacial score (nSPS) is 11.9. The van der Waals surface area contributed by atoms with Crippen LogP contribution in [0, 0.1) is 11.3 Å². The minimum absolute atomic E-state index is 0.161. The molecule has 0 fully saturated rings. The maximum atomic E-state index is 8.94. The molecule has 0 saturated heterocycles. The highest BCUT2D eigenvalue weighted by molar-refractivity contribution is 5.70. The molecule has 1 unspecified atom stereocenters. The number of hydrogen-bond acceptors (Lipinski definition) is 5. The van der Waals surface area contributed by atoms with Crippen molar-refractivity contribution < 1.29 is 4.74 Å². The summed E-state index contributed by atoms with van der Waals surface area (Å²) in [6.07, 6.45) is 1.60. The summed E-state index contributed by atoms with van der Waals surface area (Å²) < 4.78 is 5.13. The van der Waals surface area contributed by atoms with Crippen LogP contribution in [-0.2, 0) is 4.74 Å². The van der Waals surface area contributed by atoms with Crippen LogP contribution in [0.4, 0.5) is 11.5 Å². The molecule has 1 aromatic rings. The van der Waals surface area contributed by atoms with Crippen molar-refractivity contribution in [3.8, 4) is 6.07 Å². The number of nitrogens with zero attached hydrogens (tertiary/aromatic N) is 3. The summed E-state index contributed by atoms with van der Waals surface area (Å²) in [6, 6.07) is 3.84. The Morgan fingerprint density at radius 1 is 1.65 bits per heavy atom. The first-order valence-electron chi connectivity index (χ1n) is 5.55. The van der Waals surface area contributed by atoms with Crippen LogP contribution in [0.15, 0.2) is 12.3 Å². The van der Waals surface area contributed by atoms with E-state index >= 15 is 0 Å².